The summed E-state index contributed by atoms with van der Waals surface area (Å²) in [4.78, 5) is 2.31. The van der Waals surface area contributed by atoms with E-state index in [1.54, 1.807) is 0 Å². The number of nitrogens with zero attached hydrogens (tertiary/aromatic N) is 1. The van der Waals surface area contributed by atoms with E-state index in [0.29, 0.717) is 12.6 Å². The lowest BCUT2D eigenvalue weighted by Gasteiger charge is -2.33. The van der Waals surface area contributed by atoms with E-state index in [9.17, 15) is 5.11 Å². The lowest BCUT2D eigenvalue weighted by molar-refractivity contribution is -0.00705. The fourth-order valence-corrected chi connectivity index (χ4v) is 2.58. The first-order valence-corrected chi connectivity index (χ1v) is 6.86. The van der Waals surface area contributed by atoms with Crippen LogP contribution in [0.2, 0.25) is 0 Å². The molecule has 0 saturated carbocycles. The predicted molar refractivity (Wildman–Crippen MR) is 72.5 cm³/mol. The number of benzene rings is 1. The predicted octanol–water partition coefficient (Wildman–Crippen LogP) is 2.22. The Bertz CT molecular complexity index is 340. The van der Waals surface area contributed by atoms with Gasteiger partial charge in [0.05, 0.1) is 12.2 Å². The van der Waals surface area contributed by atoms with E-state index in [0.717, 1.165) is 38.1 Å². The second-order valence-corrected chi connectivity index (χ2v) is 4.91. The van der Waals surface area contributed by atoms with Crippen LogP contribution in [0.4, 0.5) is 0 Å². The van der Waals surface area contributed by atoms with Gasteiger partial charge in [-0.25, -0.2) is 0 Å². The Morgan fingerprint density at radius 1 is 1.39 bits per heavy atom. The molecule has 18 heavy (non-hydrogen) atoms. The molecule has 3 nitrogen and oxygen atoms in total. The first-order chi connectivity index (χ1) is 8.79. The Kier molecular flexibility index (Phi) is 5.17. The van der Waals surface area contributed by atoms with E-state index in [1.807, 2.05) is 37.3 Å². The van der Waals surface area contributed by atoms with Gasteiger partial charge >= 0.3 is 0 Å². The fourth-order valence-electron chi connectivity index (χ4n) is 2.58. The number of piperidine rings is 1. The molecular weight excluding hydrogens is 226 g/mol. The highest BCUT2D eigenvalue weighted by molar-refractivity contribution is 5.17. The van der Waals surface area contributed by atoms with Gasteiger partial charge in [0.1, 0.15) is 0 Å². The minimum absolute atomic E-state index is 0.340. The molecule has 1 fully saturated rings. The Labute approximate surface area is 109 Å². The molecule has 2 unspecified atom stereocenters. The van der Waals surface area contributed by atoms with Crippen LogP contribution in [0, 0.1) is 0 Å². The van der Waals surface area contributed by atoms with Crippen LogP contribution in [0.1, 0.15) is 31.4 Å². The summed E-state index contributed by atoms with van der Waals surface area (Å²) in [5.74, 6) is 0. The number of aliphatic hydroxyl groups is 1. The number of hydrogen-bond donors (Lipinski definition) is 1. The molecule has 1 aliphatic rings. The summed E-state index contributed by atoms with van der Waals surface area (Å²) in [5.41, 5.74) is 0.996. The van der Waals surface area contributed by atoms with Crippen LogP contribution in [0.5, 0.6) is 0 Å². The average molecular weight is 249 g/mol. The Balaban J connectivity index is 1.85. The highest BCUT2D eigenvalue weighted by Gasteiger charge is 2.22. The topological polar surface area (TPSA) is 32.7 Å². The summed E-state index contributed by atoms with van der Waals surface area (Å²) in [7, 11) is 0. The molecule has 0 aliphatic carbocycles. The average Bonchev–Trinajstić information content (AvgIpc) is 2.40. The van der Waals surface area contributed by atoms with Crippen molar-refractivity contribution < 1.29 is 9.84 Å². The third-order valence-electron chi connectivity index (χ3n) is 3.48. The maximum Gasteiger partial charge on any atom is 0.0916 e. The SMILES string of the molecule is CCOC1CCCN(CC(O)c2ccccc2)C1. The molecule has 3 heteroatoms. The van der Waals surface area contributed by atoms with E-state index in [-0.39, 0.29) is 0 Å². The summed E-state index contributed by atoms with van der Waals surface area (Å²) >= 11 is 0. The van der Waals surface area contributed by atoms with Crippen LogP contribution in [0.25, 0.3) is 0 Å². The standard InChI is InChI=1S/C15H23NO2/c1-2-18-14-9-6-10-16(11-14)12-15(17)13-7-4-3-5-8-13/h3-5,7-8,14-15,17H,2,6,9-12H2,1H3. The molecule has 1 aromatic carbocycles. The van der Waals surface area contributed by atoms with Crippen molar-refractivity contribution in [1.29, 1.82) is 0 Å². The van der Waals surface area contributed by atoms with Gasteiger partial charge in [-0.15, -0.1) is 0 Å². The molecule has 1 heterocycles. The zero-order valence-electron chi connectivity index (χ0n) is 11.1. The largest absolute Gasteiger partial charge is 0.387 e. The Morgan fingerprint density at radius 2 is 2.17 bits per heavy atom. The molecule has 1 saturated heterocycles. The number of ether oxygens (including phenoxy) is 1. The van der Waals surface area contributed by atoms with E-state index >= 15 is 0 Å². The van der Waals surface area contributed by atoms with Crippen LogP contribution >= 0.6 is 0 Å². The number of aliphatic hydroxyl groups excluding tert-OH is 1. The molecule has 2 rings (SSSR count). The normalized spacial score (nSPS) is 22.9. The Morgan fingerprint density at radius 3 is 2.89 bits per heavy atom. The number of rotatable bonds is 5. The third kappa shape index (κ3) is 3.80. The number of likely N-dealkylation sites (tertiary alicyclic amines) is 1. The van der Waals surface area contributed by atoms with Gasteiger partial charge in [0, 0.05) is 19.7 Å². The van der Waals surface area contributed by atoms with Gasteiger partial charge in [0.2, 0.25) is 0 Å². The quantitative estimate of drug-likeness (QED) is 0.868. The molecule has 0 amide bonds. The van der Waals surface area contributed by atoms with Crippen molar-refractivity contribution in [2.45, 2.75) is 32.0 Å². The monoisotopic (exact) mass is 249 g/mol. The first-order valence-electron chi connectivity index (χ1n) is 6.86. The van der Waals surface area contributed by atoms with Crippen molar-refractivity contribution in [2.75, 3.05) is 26.2 Å². The van der Waals surface area contributed by atoms with Gasteiger partial charge in [0.25, 0.3) is 0 Å². The van der Waals surface area contributed by atoms with Crippen molar-refractivity contribution in [3.63, 3.8) is 0 Å². The molecule has 1 aromatic rings. The highest BCUT2D eigenvalue weighted by atomic mass is 16.5. The van der Waals surface area contributed by atoms with Gasteiger partial charge in [0.15, 0.2) is 0 Å². The van der Waals surface area contributed by atoms with E-state index in [4.69, 9.17) is 4.74 Å². The van der Waals surface area contributed by atoms with E-state index in [2.05, 4.69) is 4.90 Å². The maximum absolute atomic E-state index is 10.2. The summed E-state index contributed by atoms with van der Waals surface area (Å²) in [5, 5.41) is 10.2. The summed E-state index contributed by atoms with van der Waals surface area (Å²) in [6, 6.07) is 9.88. The molecule has 1 N–H and O–H groups in total. The van der Waals surface area contributed by atoms with Crippen molar-refractivity contribution in [2.24, 2.45) is 0 Å². The zero-order chi connectivity index (χ0) is 12.8. The summed E-state index contributed by atoms with van der Waals surface area (Å²) in [6.45, 7) is 5.52. The van der Waals surface area contributed by atoms with Gasteiger partial charge in [-0.1, -0.05) is 30.3 Å². The van der Waals surface area contributed by atoms with Crippen molar-refractivity contribution in [1.82, 2.24) is 4.90 Å². The van der Waals surface area contributed by atoms with Crippen LogP contribution in [0.3, 0.4) is 0 Å². The van der Waals surface area contributed by atoms with Crippen molar-refractivity contribution >= 4 is 0 Å². The molecule has 2 atom stereocenters. The molecule has 0 radical (unpaired) electrons. The lowest BCUT2D eigenvalue weighted by Crippen LogP contribution is -2.41. The third-order valence-corrected chi connectivity index (χ3v) is 3.48. The maximum atomic E-state index is 10.2. The van der Waals surface area contributed by atoms with Crippen molar-refractivity contribution in [3.05, 3.63) is 35.9 Å². The number of hydrogen-bond acceptors (Lipinski definition) is 3. The van der Waals surface area contributed by atoms with Crippen molar-refractivity contribution in [3.8, 4) is 0 Å². The molecule has 0 bridgehead atoms. The van der Waals surface area contributed by atoms with Crippen LogP contribution in [-0.2, 0) is 4.74 Å². The molecule has 0 spiro atoms. The second kappa shape index (κ2) is 6.88. The highest BCUT2D eigenvalue weighted by Crippen LogP contribution is 2.18. The molecule has 0 aromatic heterocycles. The minimum Gasteiger partial charge on any atom is -0.387 e. The summed E-state index contributed by atoms with van der Waals surface area (Å²) in [6.07, 6.45) is 2.25. The van der Waals surface area contributed by atoms with Crippen LogP contribution in [0.15, 0.2) is 30.3 Å². The fraction of sp³-hybridized carbons (Fsp3) is 0.600. The summed E-state index contributed by atoms with van der Waals surface area (Å²) < 4.78 is 5.68. The smallest absolute Gasteiger partial charge is 0.0916 e. The van der Waals surface area contributed by atoms with Gasteiger partial charge in [-0.3, -0.25) is 4.90 Å². The molecule has 100 valence electrons. The Hall–Kier alpha value is -0.900. The van der Waals surface area contributed by atoms with Gasteiger partial charge in [-0.2, -0.15) is 0 Å². The first kappa shape index (κ1) is 13.5. The lowest BCUT2D eigenvalue weighted by atomic mass is 10.1. The van der Waals surface area contributed by atoms with Crippen LogP contribution in [-0.4, -0.2) is 42.4 Å². The van der Waals surface area contributed by atoms with Crippen LogP contribution < -0.4 is 0 Å². The molecular formula is C15H23NO2. The molecule has 1 aliphatic heterocycles. The van der Waals surface area contributed by atoms with Gasteiger partial charge in [-0.05, 0) is 31.9 Å². The number of β-amino-alcohol motifs (C(OH)–C–C–N with tert-alkyl or cyclic N) is 1. The zero-order valence-corrected chi connectivity index (χ0v) is 11.1. The van der Waals surface area contributed by atoms with E-state index < -0.39 is 6.10 Å². The minimum atomic E-state index is -0.397. The second-order valence-electron chi connectivity index (χ2n) is 4.91. The van der Waals surface area contributed by atoms with E-state index in [1.165, 1.54) is 0 Å². The van der Waals surface area contributed by atoms with Gasteiger partial charge < -0.3 is 9.84 Å².